The molecule has 2 rings (SSSR count). The minimum Gasteiger partial charge on any atom is -0.307 e. The van der Waals surface area contributed by atoms with Crippen molar-refractivity contribution in [1.82, 2.24) is 20.1 Å². The zero-order valence-corrected chi connectivity index (χ0v) is 9.61. The molecule has 0 bridgehead atoms. The van der Waals surface area contributed by atoms with Crippen LogP contribution in [0.2, 0.25) is 0 Å². The van der Waals surface area contributed by atoms with Crippen molar-refractivity contribution >= 4 is 0 Å². The molecule has 0 radical (unpaired) electrons. The van der Waals surface area contributed by atoms with Crippen LogP contribution < -0.4 is 5.32 Å². The highest BCUT2D eigenvalue weighted by Crippen LogP contribution is 2.18. The Morgan fingerprint density at radius 3 is 2.93 bits per heavy atom. The minimum absolute atomic E-state index is 0.620. The van der Waals surface area contributed by atoms with Crippen LogP contribution in [0.1, 0.15) is 38.9 Å². The Labute approximate surface area is 91.1 Å². The molecule has 1 aromatic rings. The summed E-state index contributed by atoms with van der Waals surface area (Å²) in [7, 11) is 0. The molecule has 0 aliphatic heterocycles. The van der Waals surface area contributed by atoms with Gasteiger partial charge in [-0.05, 0) is 18.8 Å². The number of rotatable bonds is 5. The number of hydrogen-bond donors (Lipinski definition) is 1. The summed E-state index contributed by atoms with van der Waals surface area (Å²) in [6.45, 7) is 6.22. The lowest BCUT2D eigenvalue weighted by Crippen LogP contribution is -2.35. The first-order chi connectivity index (χ1) is 7.25. The number of nitrogens with one attached hydrogen (secondary N) is 1. The van der Waals surface area contributed by atoms with Gasteiger partial charge in [0.05, 0.1) is 6.54 Å². The summed E-state index contributed by atoms with van der Waals surface area (Å²) < 4.78 is 2.01. The zero-order valence-electron chi connectivity index (χ0n) is 9.61. The fourth-order valence-corrected chi connectivity index (χ4v) is 1.77. The lowest BCUT2D eigenvalue weighted by Gasteiger charge is -2.26. The van der Waals surface area contributed by atoms with E-state index in [1.807, 2.05) is 4.68 Å². The number of hydrogen-bond acceptors (Lipinski definition) is 3. The average molecular weight is 208 g/mol. The summed E-state index contributed by atoms with van der Waals surface area (Å²) in [5.41, 5.74) is 0. The van der Waals surface area contributed by atoms with Gasteiger partial charge in [-0.15, -0.1) is 0 Å². The molecule has 1 heterocycles. The molecule has 1 N–H and O–H groups in total. The molecule has 0 saturated heterocycles. The topological polar surface area (TPSA) is 42.7 Å². The van der Waals surface area contributed by atoms with E-state index in [-0.39, 0.29) is 0 Å². The van der Waals surface area contributed by atoms with Crippen LogP contribution in [-0.4, -0.2) is 20.8 Å². The molecule has 4 heteroatoms. The third-order valence-electron chi connectivity index (χ3n) is 2.89. The maximum absolute atomic E-state index is 4.29. The van der Waals surface area contributed by atoms with Crippen LogP contribution in [0.15, 0.2) is 6.33 Å². The van der Waals surface area contributed by atoms with Crippen molar-refractivity contribution in [2.75, 3.05) is 0 Å². The average Bonchev–Trinajstić information content (AvgIpc) is 2.49. The second-order valence-corrected chi connectivity index (χ2v) is 4.76. The van der Waals surface area contributed by atoms with Crippen molar-refractivity contribution < 1.29 is 0 Å². The van der Waals surface area contributed by atoms with Gasteiger partial charge in [-0.3, -0.25) is 0 Å². The maximum atomic E-state index is 4.29. The first-order valence-electron chi connectivity index (χ1n) is 5.86. The molecule has 1 fully saturated rings. The van der Waals surface area contributed by atoms with Crippen LogP contribution in [0.25, 0.3) is 0 Å². The van der Waals surface area contributed by atoms with Crippen molar-refractivity contribution in [2.24, 2.45) is 5.92 Å². The van der Waals surface area contributed by atoms with Gasteiger partial charge >= 0.3 is 0 Å². The zero-order chi connectivity index (χ0) is 10.7. The molecule has 0 spiro atoms. The van der Waals surface area contributed by atoms with E-state index in [9.17, 15) is 0 Å². The van der Waals surface area contributed by atoms with E-state index in [2.05, 4.69) is 29.2 Å². The predicted octanol–water partition coefficient (Wildman–Crippen LogP) is 1.58. The van der Waals surface area contributed by atoms with Gasteiger partial charge in [0.2, 0.25) is 0 Å². The fourth-order valence-electron chi connectivity index (χ4n) is 1.77. The SMILES string of the molecule is CC(C)Cn1ncnc1CNC1CCC1. The first-order valence-corrected chi connectivity index (χ1v) is 5.86. The molecule has 0 atom stereocenters. The molecule has 1 aromatic heterocycles. The quantitative estimate of drug-likeness (QED) is 0.799. The fraction of sp³-hybridized carbons (Fsp3) is 0.818. The third-order valence-corrected chi connectivity index (χ3v) is 2.89. The molecule has 84 valence electrons. The standard InChI is InChI=1S/C11H20N4/c1-9(2)7-15-11(13-8-14-15)6-12-10-4-3-5-10/h8-10,12H,3-7H2,1-2H3. The minimum atomic E-state index is 0.620. The molecule has 0 amide bonds. The van der Waals surface area contributed by atoms with E-state index >= 15 is 0 Å². The van der Waals surface area contributed by atoms with Gasteiger partial charge in [0, 0.05) is 12.6 Å². The second-order valence-electron chi connectivity index (χ2n) is 4.76. The molecule has 15 heavy (non-hydrogen) atoms. The van der Waals surface area contributed by atoms with Gasteiger partial charge in [-0.25, -0.2) is 9.67 Å². The van der Waals surface area contributed by atoms with E-state index in [0.717, 1.165) is 18.9 Å². The summed E-state index contributed by atoms with van der Waals surface area (Å²) in [6.07, 6.45) is 5.66. The normalized spacial score (nSPS) is 17.0. The summed E-state index contributed by atoms with van der Waals surface area (Å²) in [6, 6.07) is 0.717. The Bertz CT molecular complexity index is 301. The lowest BCUT2D eigenvalue weighted by atomic mass is 9.93. The monoisotopic (exact) mass is 208 g/mol. The molecule has 4 nitrogen and oxygen atoms in total. The predicted molar refractivity (Wildman–Crippen MR) is 59.3 cm³/mol. The Balaban J connectivity index is 1.86. The molecule has 0 unspecified atom stereocenters. The van der Waals surface area contributed by atoms with Gasteiger partial charge in [-0.1, -0.05) is 20.3 Å². The molecule has 0 aromatic carbocycles. The molecule has 1 saturated carbocycles. The van der Waals surface area contributed by atoms with Crippen molar-refractivity contribution in [2.45, 2.75) is 52.2 Å². The van der Waals surface area contributed by atoms with Gasteiger partial charge in [0.1, 0.15) is 12.2 Å². The van der Waals surface area contributed by atoms with Gasteiger partial charge < -0.3 is 5.32 Å². The van der Waals surface area contributed by atoms with E-state index in [0.29, 0.717) is 12.0 Å². The summed E-state index contributed by atoms with van der Waals surface area (Å²) in [5.74, 6) is 1.68. The van der Waals surface area contributed by atoms with Crippen LogP contribution in [0.5, 0.6) is 0 Å². The summed E-state index contributed by atoms with van der Waals surface area (Å²) in [5, 5.41) is 7.76. The molecule has 1 aliphatic carbocycles. The molecule has 1 aliphatic rings. The highest BCUT2D eigenvalue weighted by molar-refractivity contribution is 4.87. The van der Waals surface area contributed by atoms with Crippen molar-refractivity contribution in [3.63, 3.8) is 0 Å². The van der Waals surface area contributed by atoms with Crippen LogP contribution in [0, 0.1) is 5.92 Å². The van der Waals surface area contributed by atoms with E-state index in [4.69, 9.17) is 0 Å². The summed E-state index contributed by atoms with van der Waals surface area (Å²) >= 11 is 0. The molecular weight excluding hydrogens is 188 g/mol. The Morgan fingerprint density at radius 1 is 1.53 bits per heavy atom. The second kappa shape index (κ2) is 4.75. The van der Waals surface area contributed by atoms with Gasteiger partial charge in [0.15, 0.2) is 0 Å². The van der Waals surface area contributed by atoms with Crippen LogP contribution >= 0.6 is 0 Å². The van der Waals surface area contributed by atoms with Crippen molar-refractivity contribution in [3.05, 3.63) is 12.2 Å². The first kappa shape index (κ1) is 10.6. The van der Waals surface area contributed by atoms with E-state index in [1.54, 1.807) is 6.33 Å². The highest BCUT2D eigenvalue weighted by atomic mass is 15.3. The lowest BCUT2D eigenvalue weighted by molar-refractivity contribution is 0.330. The van der Waals surface area contributed by atoms with Gasteiger partial charge in [-0.2, -0.15) is 5.10 Å². The third kappa shape index (κ3) is 2.78. The summed E-state index contributed by atoms with van der Waals surface area (Å²) in [4.78, 5) is 4.29. The Morgan fingerprint density at radius 2 is 2.33 bits per heavy atom. The van der Waals surface area contributed by atoms with Crippen LogP contribution in [-0.2, 0) is 13.1 Å². The largest absolute Gasteiger partial charge is 0.307 e. The van der Waals surface area contributed by atoms with Crippen molar-refractivity contribution in [1.29, 1.82) is 0 Å². The highest BCUT2D eigenvalue weighted by Gasteiger charge is 2.17. The smallest absolute Gasteiger partial charge is 0.140 e. The Kier molecular flexibility index (Phi) is 3.36. The van der Waals surface area contributed by atoms with Gasteiger partial charge in [0.25, 0.3) is 0 Å². The number of aromatic nitrogens is 3. The molecular formula is C11H20N4. The van der Waals surface area contributed by atoms with Crippen LogP contribution in [0.3, 0.4) is 0 Å². The number of nitrogens with zero attached hydrogens (tertiary/aromatic N) is 3. The van der Waals surface area contributed by atoms with E-state index < -0.39 is 0 Å². The maximum Gasteiger partial charge on any atom is 0.140 e. The van der Waals surface area contributed by atoms with Crippen molar-refractivity contribution in [3.8, 4) is 0 Å². The Hall–Kier alpha value is -0.900. The van der Waals surface area contributed by atoms with E-state index in [1.165, 1.54) is 19.3 Å². The van der Waals surface area contributed by atoms with Crippen LogP contribution in [0.4, 0.5) is 0 Å².